The van der Waals surface area contributed by atoms with Gasteiger partial charge in [0.05, 0.1) is 0 Å². The molecule has 0 aliphatic heterocycles. The van der Waals surface area contributed by atoms with Crippen LogP contribution in [0.4, 0.5) is 0 Å². The third-order valence-electron chi connectivity index (χ3n) is 4.61. The van der Waals surface area contributed by atoms with Gasteiger partial charge in [0, 0.05) is 0 Å². The molecular formula is C21H24BN2. The summed E-state index contributed by atoms with van der Waals surface area (Å²) in [6.07, 6.45) is 4.11. The Kier molecular flexibility index (Phi) is 4.12. The summed E-state index contributed by atoms with van der Waals surface area (Å²) >= 11 is 0. The van der Waals surface area contributed by atoms with E-state index in [0.717, 1.165) is 5.72 Å². The van der Waals surface area contributed by atoms with Crippen LogP contribution in [0, 0.1) is 41.5 Å². The third-order valence-corrected chi connectivity index (χ3v) is 4.61. The first-order chi connectivity index (χ1) is 11.3. The Morgan fingerprint density at radius 1 is 0.750 bits per heavy atom. The van der Waals surface area contributed by atoms with E-state index in [0.29, 0.717) is 0 Å². The molecule has 2 nitrogen and oxygen atoms in total. The van der Waals surface area contributed by atoms with Gasteiger partial charge in [0.2, 0.25) is 0 Å². The molecule has 0 N–H and O–H groups in total. The minimum atomic E-state index is 0.722. The zero-order chi connectivity index (χ0) is 17.6. The van der Waals surface area contributed by atoms with Crippen LogP contribution in [0.25, 0.3) is 11.4 Å². The van der Waals surface area contributed by atoms with Gasteiger partial charge in [-0.1, -0.05) is 35.4 Å². The molecule has 121 valence electrons. The minimum absolute atomic E-state index is 0.722. The van der Waals surface area contributed by atoms with Crippen LogP contribution >= 0.6 is 0 Å². The monoisotopic (exact) mass is 315 g/mol. The van der Waals surface area contributed by atoms with E-state index < -0.39 is 0 Å². The van der Waals surface area contributed by atoms with E-state index in [9.17, 15) is 0 Å². The Morgan fingerprint density at radius 3 is 1.71 bits per heavy atom. The van der Waals surface area contributed by atoms with Crippen molar-refractivity contribution in [3.63, 3.8) is 0 Å². The zero-order valence-corrected chi connectivity index (χ0v) is 15.4. The molecule has 0 bridgehead atoms. The molecule has 0 unspecified atom stereocenters. The fraction of sp³-hybridized carbons (Fsp3) is 0.286. The number of hydrogen-bond donors (Lipinski definition) is 0. The molecule has 0 fully saturated rings. The van der Waals surface area contributed by atoms with Gasteiger partial charge in [-0.2, -0.15) is 0 Å². The molecule has 2 aromatic carbocycles. The Balaban J connectivity index is 2.22. The SMILES string of the molecule is [B-]c1n(-c2c(C)cc(C)cc2C)cc[n+]1-c1c(C)cc(C)cc1C. The number of aryl methyl sites for hydroxylation is 6. The van der Waals surface area contributed by atoms with Gasteiger partial charge >= 0.3 is 0 Å². The number of imidazole rings is 1. The van der Waals surface area contributed by atoms with Gasteiger partial charge in [-0.3, -0.25) is 0 Å². The number of benzene rings is 2. The molecule has 1 heterocycles. The van der Waals surface area contributed by atoms with Crippen LogP contribution in [0.3, 0.4) is 0 Å². The van der Waals surface area contributed by atoms with E-state index in [4.69, 9.17) is 7.85 Å². The normalized spacial score (nSPS) is 11.1. The van der Waals surface area contributed by atoms with Crippen molar-refractivity contribution in [3.8, 4) is 11.4 Å². The van der Waals surface area contributed by atoms with Gasteiger partial charge in [-0.25, -0.2) is 9.13 Å². The Labute approximate surface area is 146 Å². The standard InChI is InChI=1S/C21H24BN2/c1-13-9-15(3)19(16(4)10-13)23-7-8-24(21(23)22)20-17(5)11-14(2)12-18(20)6/h7-12H,1-6H3. The summed E-state index contributed by atoms with van der Waals surface area (Å²) in [5.41, 5.74) is 10.5. The lowest BCUT2D eigenvalue weighted by Crippen LogP contribution is -2.48. The third kappa shape index (κ3) is 2.68. The molecule has 3 rings (SSSR count). The van der Waals surface area contributed by atoms with E-state index in [1.165, 1.54) is 44.8 Å². The van der Waals surface area contributed by atoms with Crippen LogP contribution < -0.4 is 10.3 Å². The summed E-state index contributed by atoms with van der Waals surface area (Å²) < 4.78 is 4.17. The minimum Gasteiger partial charge on any atom is -0.457 e. The van der Waals surface area contributed by atoms with Crippen LogP contribution in [0.1, 0.15) is 33.4 Å². The summed E-state index contributed by atoms with van der Waals surface area (Å²) in [5, 5.41) is 0. The Hall–Kier alpha value is -2.29. The quantitative estimate of drug-likeness (QED) is 0.506. The highest BCUT2D eigenvalue weighted by Gasteiger charge is 2.16. The van der Waals surface area contributed by atoms with Gasteiger partial charge in [-0.15, -0.1) is 0 Å². The van der Waals surface area contributed by atoms with Crippen LogP contribution in [0.15, 0.2) is 36.7 Å². The van der Waals surface area contributed by atoms with Crippen LogP contribution in [0.2, 0.25) is 0 Å². The number of aromatic nitrogens is 2. The molecule has 0 atom stereocenters. The summed E-state index contributed by atoms with van der Waals surface area (Å²) in [4.78, 5) is 0. The summed E-state index contributed by atoms with van der Waals surface area (Å²) in [6.45, 7) is 12.8. The largest absolute Gasteiger partial charge is 0.457 e. The van der Waals surface area contributed by atoms with E-state index in [1.54, 1.807) is 0 Å². The molecule has 3 radical (unpaired) electrons. The zero-order valence-electron chi connectivity index (χ0n) is 15.4. The maximum atomic E-state index is 6.54. The molecule has 0 aliphatic carbocycles. The first-order valence-corrected chi connectivity index (χ1v) is 8.34. The van der Waals surface area contributed by atoms with Crippen molar-refractivity contribution in [3.05, 3.63) is 70.0 Å². The highest BCUT2D eigenvalue weighted by atomic mass is 15.1. The Morgan fingerprint density at radius 2 is 1.21 bits per heavy atom. The smallest absolute Gasteiger partial charge is 0.134 e. The van der Waals surface area contributed by atoms with Crippen molar-refractivity contribution in [2.75, 3.05) is 0 Å². The van der Waals surface area contributed by atoms with Crippen molar-refractivity contribution in [2.45, 2.75) is 41.5 Å². The average Bonchev–Trinajstić information content (AvgIpc) is 2.79. The van der Waals surface area contributed by atoms with Crippen molar-refractivity contribution in [1.29, 1.82) is 0 Å². The fourth-order valence-corrected chi connectivity index (χ4v) is 3.89. The second-order valence-electron chi connectivity index (χ2n) is 6.89. The molecule has 24 heavy (non-hydrogen) atoms. The van der Waals surface area contributed by atoms with E-state index in [1.807, 2.05) is 0 Å². The summed E-state index contributed by atoms with van der Waals surface area (Å²) in [6, 6.07) is 8.81. The van der Waals surface area contributed by atoms with Crippen LogP contribution in [0.5, 0.6) is 0 Å². The fourth-order valence-electron chi connectivity index (χ4n) is 3.89. The van der Waals surface area contributed by atoms with Gasteiger partial charge in [0.15, 0.2) is 0 Å². The van der Waals surface area contributed by atoms with Crippen molar-refractivity contribution in [1.82, 2.24) is 4.57 Å². The number of nitrogens with zero attached hydrogens (tertiary/aromatic N) is 2. The lowest BCUT2D eigenvalue weighted by atomic mass is 10.0. The maximum absolute atomic E-state index is 6.54. The van der Waals surface area contributed by atoms with Gasteiger partial charge in [0.1, 0.15) is 23.8 Å². The topological polar surface area (TPSA) is 8.81 Å². The summed E-state index contributed by atoms with van der Waals surface area (Å²) in [5.74, 6) is 0. The van der Waals surface area contributed by atoms with Crippen molar-refractivity contribution < 1.29 is 4.57 Å². The molecule has 0 spiro atoms. The van der Waals surface area contributed by atoms with Crippen LogP contribution in [-0.2, 0) is 0 Å². The van der Waals surface area contributed by atoms with Crippen molar-refractivity contribution in [2.24, 2.45) is 0 Å². The van der Waals surface area contributed by atoms with Crippen LogP contribution in [-0.4, -0.2) is 12.4 Å². The predicted molar refractivity (Wildman–Crippen MR) is 101 cm³/mol. The highest BCUT2D eigenvalue weighted by molar-refractivity contribution is 6.28. The molecule has 0 saturated heterocycles. The van der Waals surface area contributed by atoms with Crippen molar-refractivity contribution >= 4 is 13.6 Å². The molecule has 0 aliphatic rings. The van der Waals surface area contributed by atoms with E-state index in [2.05, 4.69) is 87.3 Å². The predicted octanol–water partition coefficient (Wildman–Crippen LogP) is 3.40. The van der Waals surface area contributed by atoms with E-state index >= 15 is 0 Å². The highest BCUT2D eigenvalue weighted by Crippen LogP contribution is 2.21. The average molecular weight is 315 g/mol. The lowest BCUT2D eigenvalue weighted by Gasteiger charge is -2.17. The summed E-state index contributed by atoms with van der Waals surface area (Å²) in [7, 11) is 6.54. The molecule has 3 aromatic rings. The first-order valence-electron chi connectivity index (χ1n) is 8.34. The second-order valence-corrected chi connectivity index (χ2v) is 6.89. The lowest BCUT2D eigenvalue weighted by molar-refractivity contribution is -0.576. The van der Waals surface area contributed by atoms with Gasteiger partial charge < -0.3 is 7.85 Å². The number of rotatable bonds is 2. The second kappa shape index (κ2) is 5.97. The maximum Gasteiger partial charge on any atom is 0.134 e. The van der Waals surface area contributed by atoms with E-state index in [-0.39, 0.29) is 0 Å². The Bertz CT molecular complexity index is 814. The van der Waals surface area contributed by atoms with Gasteiger partial charge in [0.25, 0.3) is 0 Å². The molecule has 0 saturated carbocycles. The van der Waals surface area contributed by atoms with Gasteiger partial charge in [-0.05, 0) is 69.5 Å². The molecule has 1 aromatic heterocycles. The number of hydrogen-bond acceptors (Lipinski definition) is 0. The molecule has 3 heteroatoms. The molecular weight excluding hydrogens is 291 g/mol. The first kappa shape index (κ1) is 16.6. The molecule has 0 amide bonds.